The van der Waals surface area contributed by atoms with Gasteiger partial charge in [0.05, 0.1) is 33.0 Å². The number of rotatable bonds is 5. The van der Waals surface area contributed by atoms with Crippen LogP contribution in [0.5, 0.6) is 0 Å². The number of nitrogens with zero attached hydrogens (tertiary/aromatic N) is 7. The van der Waals surface area contributed by atoms with Crippen molar-refractivity contribution in [2.24, 2.45) is 9.98 Å². The van der Waals surface area contributed by atoms with Gasteiger partial charge in [0.15, 0.2) is 5.82 Å². The van der Waals surface area contributed by atoms with Crippen LogP contribution in [0.1, 0.15) is 39.3 Å². The van der Waals surface area contributed by atoms with Crippen LogP contribution in [0.4, 0.5) is 5.95 Å². The molecule has 0 saturated carbocycles. The lowest BCUT2D eigenvalue weighted by atomic mass is 10.2. The van der Waals surface area contributed by atoms with Gasteiger partial charge in [0, 0.05) is 32.4 Å². The Kier molecular flexibility index (Phi) is 8.05. The second-order valence-corrected chi connectivity index (χ2v) is 8.31. The van der Waals surface area contributed by atoms with Crippen LogP contribution in [0.3, 0.4) is 0 Å². The smallest absolute Gasteiger partial charge is 0.317 e. The van der Waals surface area contributed by atoms with E-state index in [9.17, 15) is 0 Å². The van der Waals surface area contributed by atoms with Crippen molar-refractivity contribution in [1.82, 2.24) is 19.9 Å². The van der Waals surface area contributed by atoms with Crippen LogP contribution in [0.25, 0.3) is 5.70 Å². The number of ether oxygens (including phenoxy) is 3. The number of anilines is 1. The van der Waals surface area contributed by atoms with Gasteiger partial charge in [-0.05, 0) is 27.7 Å². The molecule has 0 amide bonds. The molecule has 2 aliphatic heterocycles. The van der Waals surface area contributed by atoms with Crippen molar-refractivity contribution < 1.29 is 14.2 Å². The Morgan fingerprint density at radius 1 is 1.06 bits per heavy atom. The molecule has 2 fully saturated rings. The molecule has 1 aromatic heterocycles. The summed E-state index contributed by atoms with van der Waals surface area (Å²) in [5.74, 6) is 1.72. The van der Waals surface area contributed by atoms with Gasteiger partial charge in [-0.1, -0.05) is 6.58 Å². The third-order valence-corrected chi connectivity index (χ3v) is 4.56. The molecule has 170 valence electrons. The van der Waals surface area contributed by atoms with E-state index in [1.165, 1.54) is 0 Å². The minimum atomic E-state index is -0.439. The van der Waals surface area contributed by atoms with E-state index in [0.717, 1.165) is 26.2 Å². The Labute approximate surface area is 184 Å². The number of morpholine rings is 2. The number of hydrogen-bond acceptors (Lipinski definition) is 9. The molecule has 31 heavy (non-hydrogen) atoms. The summed E-state index contributed by atoms with van der Waals surface area (Å²) >= 11 is 0. The quantitative estimate of drug-likeness (QED) is 0.514. The van der Waals surface area contributed by atoms with Gasteiger partial charge in [0.2, 0.25) is 5.95 Å². The van der Waals surface area contributed by atoms with E-state index in [0.29, 0.717) is 56.3 Å². The molecule has 0 aliphatic carbocycles. The summed E-state index contributed by atoms with van der Waals surface area (Å²) in [4.78, 5) is 27.1. The van der Waals surface area contributed by atoms with Crippen molar-refractivity contribution >= 4 is 23.9 Å². The molecule has 0 N–H and O–H groups in total. The van der Waals surface area contributed by atoms with E-state index in [1.807, 2.05) is 27.7 Å². The highest BCUT2D eigenvalue weighted by atomic mass is 16.5. The molecule has 3 rings (SSSR count). The lowest BCUT2D eigenvalue weighted by Crippen LogP contribution is -2.39. The zero-order chi connectivity index (χ0) is 22.3. The van der Waals surface area contributed by atoms with Crippen LogP contribution in [-0.4, -0.2) is 90.3 Å². The lowest BCUT2D eigenvalue weighted by molar-refractivity contribution is 0.0330. The Hall–Kier alpha value is -2.43. The van der Waals surface area contributed by atoms with Gasteiger partial charge in [-0.2, -0.15) is 15.0 Å². The Bertz CT molecular complexity index is 808. The van der Waals surface area contributed by atoms with Crippen molar-refractivity contribution in [3.05, 3.63) is 18.2 Å². The van der Waals surface area contributed by atoms with Crippen molar-refractivity contribution in [3.8, 4) is 0 Å². The zero-order valence-electron chi connectivity index (χ0n) is 19.0. The molecule has 3 heterocycles. The van der Waals surface area contributed by atoms with Crippen LogP contribution < -0.4 is 4.90 Å². The summed E-state index contributed by atoms with van der Waals surface area (Å²) in [6.07, 6.45) is 1.63. The monoisotopic (exact) mass is 431 g/mol. The van der Waals surface area contributed by atoms with Crippen molar-refractivity contribution in [3.63, 3.8) is 0 Å². The molecule has 0 spiro atoms. The Morgan fingerprint density at radius 2 is 1.71 bits per heavy atom. The standard InChI is InChI=1S/C21H33N7O3/c1-6-22-20(31-21(3,4)5)23-16(2)18-24-17(15-27-7-11-29-12-8-27)25-19(26-18)28-9-13-30-14-10-28/h6H,2,7-15H2,1,3-5H3. The van der Waals surface area contributed by atoms with E-state index >= 15 is 0 Å². The van der Waals surface area contributed by atoms with E-state index in [1.54, 1.807) is 6.21 Å². The van der Waals surface area contributed by atoms with Gasteiger partial charge in [-0.3, -0.25) is 4.90 Å². The summed E-state index contributed by atoms with van der Waals surface area (Å²) in [6, 6.07) is 0.225. The average molecular weight is 432 g/mol. The minimum Gasteiger partial charge on any atom is -0.458 e. The molecule has 0 unspecified atom stereocenters. The van der Waals surface area contributed by atoms with Gasteiger partial charge in [-0.25, -0.2) is 9.98 Å². The maximum absolute atomic E-state index is 5.84. The summed E-state index contributed by atoms with van der Waals surface area (Å²) in [7, 11) is 0. The molecular formula is C21H33N7O3. The average Bonchev–Trinajstić information content (AvgIpc) is 2.74. The van der Waals surface area contributed by atoms with E-state index in [2.05, 4.69) is 36.3 Å². The zero-order valence-corrected chi connectivity index (χ0v) is 19.0. The van der Waals surface area contributed by atoms with E-state index in [4.69, 9.17) is 19.2 Å². The number of amidine groups is 1. The van der Waals surface area contributed by atoms with E-state index < -0.39 is 5.60 Å². The number of aromatic nitrogens is 3. The maximum atomic E-state index is 5.84. The highest BCUT2D eigenvalue weighted by Crippen LogP contribution is 2.18. The molecule has 10 heteroatoms. The Balaban J connectivity index is 1.89. The fourth-order valence-electron chi connectivity index (χ4n) is 3.10. The highest BCUT2D eigenvalue weighted by Gasteiger charge is 2.21. The molecule has 2 aliphatic rings. The fourth-order valence-corrected chi connectivity index (χ4v) is 3.10. The predicted octanol–water partition coefficient (Wildman–Crippen LogP) is 1.77. The molecule has 0 atom stereocenters. The van der Waals surface area contributed by atoms with Crippen LogP contribution in [0.15, 0.2) is 16.6 Å². The molecule has 1 aromatic rings. The largest absolute Gasteiger partial charge is 0.458 e. The van der Waals surface area contributed by atoms with Crippen LogP contribution >= 0.6 is 0 Å². The van der Waals surface area contributed by atoms with Crippen LogP contribution in [0, 0.1) is 0 Å². The first kappa shape index (κ1) is 23.2. The van der Waals surface area contributed by atoms with Gasteiger partial charge in [0.25, 0.3) is 0 Å². The van der Waals surface area contributed by atoms with Crippen molar-refractivity contribution in [2.75, 3.05) is 57.5 Å². The molecule has 2 saturated heterocycles. The topological polar surface area (TPSA) is 97.6 Å². The molecule has 10 nitrogen and oxygen atoms in total. The molecule has 0 bridgehead atoms. The number of aliphatic imine (C=N–C) groups is 2. The molecule has 0 radical (unpaired) electrons. The fraction of sp³-hybridized carbons (Fsp3) is 0.667. The summed E-state index contributed by atoms with van der Waals surface area (Å²) in [5, 5.41) is 0. The first-order valence-electron chi connectivity index (χ1n) is 10.7. The Morgan fingerprint density at radius 3 is 2.32 bits per heavy atom. The summed E-state index contributed by atoms with van der Waals surface area (Å²) in [5.41, 5.74) is -0.0597. The van der Waals surface area contributed by atoms with Gasteiger partial charge in [0.1, 0.15) is 17.1 Å². The van der Waals surface area contributed by atoms with Crippen molar-refractivity contribution in [1.29, 1.82) is 0 Å². The van der Waals surface area contributed by atoms with Gasteiger partial charge >= 0.3 is 6.02 Å². The summed E-state index contributed by atoms with van der Waals surface area (Å²) < 4.78 is 16.8. The third-order valence-electron chi connectivity index (χ3n) is 4.56. The van der Waals surface area contributed by atoms with Gasteiger partial charge in [-0.15, -0.1) is 0 Å². The van der Waals surface area contributed by atoms with Crippen molar-refractivity contribution in [2.45, 2.75) is 39.8 Å². The molecular weight excluding hydrogens is 398 g/mol. The summed E-state index contributed by atoms with van der Waals surface area (Å²) in [6.45, 7) is 18.2. The molecule has 0 aromatic carbocycles. The van der Waals surface area contributed by atoms with E-state index in [-0.39, 0.29) is 6.02 Å². The van der Waals surface area contributed by atoms with Gasteiger partial charge < -0.3 is 19.1 Å². The lowest BCUT2D eigenvalue weighted by Gasteiger charge is -2.28. The first-order valence-corrected chi connectivity index (χ1v) is 10.7. The normalized spacial score (nSPS) is 19.1. The highest BCUT2D eigenvalue weighted by molar-refractivity contribution is 5.86. The van der Waals surface area contributed by atoms with Crippen LogP contribution in [-0.2, 0) is 20.8 Å². The minimum absolute atomic E-state index is 0.225. The first-order chi connectivity index (χ1) is 14.8. The second kappa shape index (κ2) is 10.7. The third kappa shape index (κ3) is 7.34. The second-order valence-electron chi connectivity index (χ2n) is 8.31. The number of hydrogen-bond donors (Lipinski definition) is 0. The maximum Gasteiger partial charge on any atom is 0.317 e. The predicted molar refractivity (Wildman–Crippen MR) is 120 cm³/mol. The SMILES string of the molecule is C=C(N=C(N=CC)OC(C)(C)C)c1nc(CN2CCOCC2)nc(N2CCOCC2)n1. The van der Waals surface area contributed by atoms with Crippen LogP contribution in [0.2, 0.25) is 0 Å².